The fourth-order valence-corrected chi connectivity index (χ4v) is 1.98. The highest BCUT2D eigenvalue weighted by Gasteiger charge is 2.15. The van der Waals surface area contributed by atoms with Gasteiger partial charge in [0.15, 0.2) is 0 Å². The second kappa shape index (κ2) is 4.64. The standard InChI is InChI=1S/C12H16N4O2/c1-8-10(6-12(17)18)9(2)16(14-8)7-11-13-4-5-15(11)3/h4-5H,6-7H2,1-3H3,(H,17,18). The van der Waals surface area contributed by atoms with Crippen LogP contribution in [0.15, 0.2) is 12.4 Å². The van der Waals surface area contributed by atoms with Crippen LogP contribution in [0, 0.1) is 13.8 Å². The first-order valence-electron chi connectivity index (χ1n) is 5.70. The smallest absolute Gasteiger partial charge is 0.307 e. The maximum atomic E-state index is 10.8. The lowest BCUT2D eigenvalue weighted by Gasteiger charge is -2.05. The van der Waals surface area contributed by atoms with Crippen molar-refractivity contribution in [3.05, 3.63) is 35.2 Å². The molecular weight excluding hydrogens is 232 g/mol. The van der Waals surface area contributed by atoms with Crippen molar-refractivity contribution in [2.75, 3.05) is 0 Å². The van der Waals surface area contributed by atoms with Gasteiger partial charge in [-0.1, -0.05) is 0 Å². The highest BCUT2D eigenvalue weighted by Crippen LogP contribution is 2.14. The molecule has 2 aromatic heterocycles. The molecule has 18 heavy (non-hydrogen) atoms. The number of aromatic nitrogens is 4. The molecule has 2 aromatic rings. The van der Waals surface area contributed by atoms with Crippen molar-refractivity contribution in [1.82, 2.24) is 19.3 Å². The lowest BCUT2D eigenvalue weighted by Crippen LogP contribution is -2.09. The minimum absolute atomic E-state index is 0.0121. The first kappa shape index (κ1) is 12.3. The molecule has 0 saturated carbocycles. The number of carboxylic acid groups (broad SMARTS) is 1. The van der Waals surface area contributed by atoms with Gasteiger partial charge in [0.2, 0.25) is 0 Å². The van der Waals surface area contributed by atoms with E-state index in [2.05, 4.69) is 10.1 Å². The van der Waals surface area contributed by atoms with E-state index in [1.165, 1.54) is 0 Å². The quantitative estimate of drug-likeness (QED) is 0.872. The minimum atomic E-state index is -0.835. The molecule has 0 atom stereocenters. The van der Waals surface area contributed by atoms with E-state index in [1.807, 2.05) is 31.7 Å². The van der Waals surface area contributed by atoms with Crippen LogP contribution in [-0.2, 0) is 24.8 Å². The van der Waals surface area contributed by atoms with Gasteiger partial charge in [-0.3, -0.25) is 9.48 Å². The van der Waals surface area contributed by atoms with Crippen molar-refractivity contribution in [2.45, 2.75) is 26.8 Å². The molecule has 2 heterocycles. The third kappa shape index (κ3) is 2.27. The molecule has 0 amide bonds. The van der Waals surface area contributed by atoms with Crippen molar-refractivity contribution in [3.63, 3.8) is 0 Å². The number of imidazole rings is 1. The van der Waals surface area contributed by atoms with Gasteiger partial charge in [0.1, 0.15) is 5.82 Å². The number of rotatable bonds is 4. The summed E-state index contributed by atoms with van der Waals surface area (Å²) < 4.78 is 3.73. The van der Waals surface area contributed by atoms with Gasteiger partial charge in [0.05, 0.1) is 18.7 Å². The molecule has 0 radical (unpaired) electrons. The summed E-state index contributed by atoms with van der Waals surface area (Å²) in [6.45, 7) is 4.28. The van der Waals surface area contributed by atoms with Crippen molar-refractivity contribution < 1.29 is 9.90 Å². The van der Waals surface area contributed by atoms with Crippen molar-refractivity contribution in [1.29, 1.82) is 0 Å². The maximum absolute atomic E-state index is 10.8. The number of aryl methyl sites for hydroxylation is 2. The summed E-state index contributed by atoms with van der Waals surface area (Å²) in [5.74, 6) is 0.0558. The maximum Gasteiger partial charge on any atom is 0.307 e. The number of nitrogens with zero attached hydrogens (tertiary/aromatic N) is 4. The summed E-state index contributed by atoms with van der Waals surface area (Å²) in [6, 6.07) is 0. The van der Waals surface area contributed by atoms with Crippen LogP contribution in [0.25, 0.3) is 0 Å². The third-order valence-electron chi connectivity index (χ3n) is 3.07. The monoisotopic (exact) mass is 248 g/mol. The molecule has 0 bridgehead atoms. The average Bonchev–Trinajstić information content (AvgIpc) is 2.79. The van der Waals surface area contributed by atoms with Crippen molar-refractivity contribution in [2.24, 2.45) is 7.05 Å². The Morgan fingerprint density at radius 2 is 2.17 bits per heavy atom. The second-order valence-corrected chi connectivity index (χ2v) is 4.33. The highest BCUT2D eigenvalue weighted by atomic mass is 16.4. The van der Waals surface area contributed by atoms with Crippen LogP contribution < -0.4 is 0 Å². The Hall–Kier alpha value is -2.11. The van der Waals surface area contributed by atoms with E-state index in [1.54, 1.807) is 10.9 Å². The lowest BCUT2D eigenvalue weighted by atomic mass is 10.1. The Morgan fingerprint density at radius 3 is 2.72 bits per heavy atom. The Morgan fingerprint density at radius 1 is 1.44 bits per heavy atom. The van der Waals surface area contributed by atoms with Gasteiger partial charge in [-0.2, -0.15) is 5.10 Å². The summed E-state index contributed by atoms with van der Waals surface area (Å²) in [4.78, 5) is 15.0. The van der Waals surface area contributed by atoms with E-state index in [4.69, 9.17) is 5.11 Å². The van der Waals surface area contributed by atoms with Crippen LogP contribution in [-0.4, -0.2) is 30.4 Å². The highest BCUT2D eigenvalue weighted by molar-refractivity contribution is 5.70. The predicted molar refractivity (Wildman–Crippen MR) is 65.4 cm³/mol. The largest absolute Gasteiger partial charge is 0.481 e. The normalized spacial score (nSPS) is 10.8. The molecule has 0 unspecified atom stereocenters. The van der Waals surface area contributed by atoms with Gasteiger partial charge >= 0.3 is 5.97 Å². The van der Waals surface area contributed by atoms with Crippen molar-refractivity contribution >= 4 is 5.97 Å². The van der Waals surface area contributed by atoms with Crippen LogP contribution in [0.2, 0.25) is 0 Å². The zero-order valence-electron chi connectivity index (χ0n) is 10.7. The predicted octanol–water partition coefficient (Wildman–Crippen LogP) is 0.909. The van der Waals surface area contributed by atoms with Crippen molar-refractivity contribution in [3.8, 4) is 0 Å². The van der Waals surface area contributed by atoms with Crippen LogP contribution in [0.1, 0.15) is 22.8 Å². The summed E-state index contributed by atoms with van der Waals surface area (Å²) in [5, 5.41) is 13.3. The summed E-state index contributed by atoms with van der Waals surface area (Å²) >= 11 is 0. The van der Waals surface area contributed by atoms with E-state index >= 15 is 0 Å². The summed E-state index contributed by atoms with van der Waals surface area (Å²) in [6.07, 6.45) is 3.62. The fourth-order valence-electron chi connectivity index (χ4n) is 1.98. The molecule has 6 nitrogen and oxygen atoms in total. The Labute approximate surface area is 105 Å². The van der Waals surface area contributed by atoms with E-state index in [9.17, 15) is 4.79 Å². The second-order valence-electron chi connectivity index (χ2n) is 4.33. The Bertz CT molecular complexity index is 583. The first-order chi connectivity index (χ1) is 8.49. The zero-order valence-corrected chi connectivity index (χ0v) is 10.7. The molecule has 0 fully saturated rings. The average molecular weight is 248 g/mol. The number of hydrogen-bond acceptors (Lipinski definition) is 3. The molecule has 6 heteroatoms. The Balaban J connectivity index is 2.30. The van der Waals surface area contributed by atoms with Gasteiger partial charge in [-0.25, -0.2) is 4.98 Å². The third-order valence-corrected chi connectivity index (χ3v) is 3.07. The zero-order chi connectivity index (χ0) is 13.3. The van der Waals surface area contributed by atoms with Gasteiger partial charge < -0.3 is 9.67 Å². The molecule has 0 aliphatic rings. The van der Waals surface area contributed by atoms with Gasteiger partial charge in [-0.15, -0.1) is 0 Å². The first-order valence-corrected chi connectivity index (χ1v) is 5.70. The van der Waals surface area contributed by atoms with E-state index in [0.29, 0.717) is 6.54 Å². The van der Waals surface area contributed by atoms with Crippen LogP contribution >= 0.6 is 0 Å². The SMILES string of the molecule is Cc1nn(Cc2nccn2C)c(C)c1CC(=O)O. The summed E-state index contributed by atoms with van der Waals surface area (Å²) in [5.41, 5.74) is 2.44. The molecule has 0 spiro atoms. The summed E-state index contributed by atoms with van der Waals surface area (Å²) in [7, 11) is 1.92. The van der Waals surface area contributed by atoms with E-state index in [0.717, 1.165) is 22.8 Å². The molecule has 0 aliphatic carbocycles. The molecule has 0 aromatic carbocycles. The van der Waals surface area contributed by atoms with E-state index in [-0.39, 0.29) is 6.42 Å². The van der Waals surface area contributed by atoms with Gasteiger partial charge in [0.25, 0.3) is 0 Å². The van der Waals surface area contributed by atoms with Gasteiger partial charge in [0, 0.05) is 30.7 Å². The molecule has 0 aliphatic heterocycles. The lowest BCUT2D eigenvalue weighted by molar-refractivity contribution is -0.136. The number of carbonyl (C=O) groups is 1. The van der Waals surface area contributed by atoms with Crippen LogP contribution in [0.3, 0.4) is 0 Å². The van der Waals surface area contributed by atoms with Crippen LogP contribution in [0.5, 0.6) is 0 Å². The topological polar surface area (TPSA) is 72.9 Å². The fraction of sp³-hybridized carbons (Fsp3) is 0.417. The number of carboxylic acids is 1. The molecule has 96 valence electrons. The number of hydrogen-bond donors (Lipinski definition) is 1. The molecule has 1 N–H and O–H groups in total. The minimum Gasteiger partial charge on any atom is -0.481 e. The molecule has 0 saturated heterocycles. The molecule has 2 rings (SSSR count). The van der Waals surface area contributed by atoms with E-state index < -0.39 is 5.97 Å². The van der Waals surface area contributed by atoms with Gasteiger partial charge in [-0.05, 0) is 13.8 Å². The number of aliphatic carboxylic acids is 1. The molecular formula is C12H16N4O2. The Kier molecular flexibility index (Phi) is 3.18. The van der Waals surface area contributed by atoms with Crippen LogP contribution in [0.4, 0.5) is 0 Å².